The summed E-state index contributed by atoms with van der Waals surface area (Å²) in [6, 6.07) is 2.59. The third-order valence-corrected chi connectivity index (χ3v) is 2.83. The Morgan fingerprint density at radius 3 is 2.80 bits per heavy atom. The van der Waals surface area contributed by atoms with Crippen LogP contribution in [0.2, 0.25) is 0 Å². The van der Waals surface area contributed by atoms with E-state index in [0.717, 1.165) is 25.4 Å². The van der Waals surface area contributed by atoms with Crippen molar-refractivity contribution in [1.29, 1.82) is 0 Å². The first-order chi connectivity index (χ1) is 7.15. The fourth-order valence-electron chi connectivity index (χ4n) is 1.51. The number of furan rings is 1. The minimum absolute atomic E-state index is 0.541. The van der Waals surface area contributed by atoms with E-state index < -0.39 is 0 Å². The van der Waals surface area contributed by atoms with Gasteiger partial charge in [0, 0.05) is 24.7 Å². The van der Waals surface area contributed by atoms with E-state index in [4.69, 9.17) is 4.42 Å². The molecule has 86 valence electrons. The van der Waals surface area contributed by atoms with Crippen LogP contribution < -0.4 is 5.32 Å². The maximum Gasteiger partial charge on any atom is 0.105 e. The van der Waals surface area contributed by atoms with Gasteiger partial charge in [-0.05, 0) is 33.5 Å². The maximum atomic E-state index is 5.28. The number of hydrogen-bond donors (Lipinski definition) is 1. The molecule has 0 spiro atoms. The molecule has 0 aliphatic heterocycles. The van der Waals surface area contributed by atoms with Gasteiger partial charge in [0.2, 0.25) is 0 Å². The van der Waals surface area contributed by atoms with E-state index in [1.165, 1.54) is 5.56 Å². The summed E-state index contributed by atoms with van der Waals surface area (Å²) in [6.07, 6.45) is 1.76. The third-order valence-electron chi connectivity index (χ3n) is 2.83. The quantitative estimate of drug-likeness (QED) is 0.778. The normalized spacial score (nSPS) is 13.4. The number of nitrogens with zero attached hydrogens (tertiary/aromatic N) is 1. The summed E-state index contributed by atoms with van der Waals surface area (Å²) in [5, 5.41) is 3.36. The fourth-order valence-corrected chi connectivity index (χ4v) is 1.51. The SMILES string of the molecule is CCNCC(C)N(C)Cc1ccoc1C. The van der Waals surface area contributed by atoms with Gasteiger partial charge in [-0.1, -0.05) is 6.92 Å². The van der Waals surface area contributed by atoms with Crippen molar-refractivity contribution in [2.45, 2.75) is 33.4 Å². The molecule has 0 amide bonds. The molecular weight excluding hydrogens is 188 g/mol. The molecule has 0 aliphatic rings. The van der Waals surface area contributed by atoms with Crippen molar-refractivity contribution in [3.8, 4) is 0 Å². The molecule has 0 saturated carbocycles. The highest BCUT2D eigenvalue weighted by molar-refractivity contribution is 5.15. The van der Waals surface area contributed by atoms with Crippen molar-refractivity contribution in [3.63, 3.8) is 0 Å². The Hall–Kier alpha value is -0.800. The molecule has 1 heterocycles. The van der Waals surface area contributed by atoms with Crippen LogP contribution in [0.15, 0.2) is 16.7 Å². The summed E-state index contributed by atoms with van der Waals surface area (Å²) in [5.74, 6) is 1.03. The van der Waals surface area contributed by atoms with Crippen molar-refractivity contribution in [2.24, 2.45) is 0 Å². The van der Waals surface area contributed by atoms with Crippen LogP contribution in [-0.4, -0.2) is 31.1 Å². The average Bonchev–Trinajstić information content (AvgIpc) is 2.61. The molecule has 0 saturated heterocycles. The number of rotatable bonds is 6. The highest BCUT2D eigenvalue weighted by Gasteiger charge is 2.11. The largest absolute Gasteiger partial charge is 0.469 e. The number of aryl methyl sites for hydroxylation is 1. The first-order valence-corrected chi connectivity index (χ1v) is 5.59. The van der Waals surface area contributed by atoms with Crippen molar-refractivity contribution < 1.29 is 4.42 Å². The van der Waals surface area contributed by atoms with Gasteiger partial charge in [-0.3, -0.25) is 4.90 Å². The zero-order valence-corrected chi connectivity index (χ0v) is 10.2. The molecule has 1 unspecified atom stereocenters. The summed E-state index contributed by atoms with van der Waals surface area (Å²) >= 11 is 0. The second kappa shape index (κ2) is 5.93. The van der Waals surface area contributed by atoms with Gasteiger partial charge in [-0.15, -0.1) is 0 Å². The van der Waals surface area contributed by atoms with Crippen LogP contribution in [0.4, 0.5) is 0 Å². The highest BCUT2D eigenvalue weighted by Crippen LogP contribution is 2.12. The molecule has 1 aromatic rings. The Balaban J connectivity index is 2.41. The first-order valence-electron chi connectivity index (χ1n) is 5.59. The molecular formula is C12H22N2O. The van der Waals surface area contributed by atoms with Crippen LogP contribution in [-0.2, 0) is 6.54 Å². The van der Waals surface area contributed by atoms with Gasteiger partial charge in [0.05, 0.1) is 6.26 Å². The van der Waals surface area contributed by atoms with E-state index in [0.29, 0.717) is 6.04 Å². The van der Waals surface area contributed by atoms with E-state index in [-0.39, 0.29) is 0 Å². The monoisotopic (exact) mass is 210 g/mol. The highest BCUT2D eigenvalue weighted by atomic mass is 16.3. The lowest BCUT2D eigenvalue weighted by Crippen LogP contribution is -2.37. The summed E-state index contributed by atoms with van der Waals surface area (Å²) in [7, 11) is 2.15. The Morgan fingerprint density at radius 1 is 1.53 bits per heavy atom. The number of hydrogen-bond acceptors (Lipinski definition) is 3. The molecule has 0 radical (unpaired) electrons. The molecule has 0 aromatic carbocycles. The summed E-state index contributed by atoms with van der Waals surface area (Å²) in [5.41, 5.74) is 1.28. The van der Waals surface area contributed by atoms with Crippen LogP contribution in [0.1, 0.15) is 25.2 Å². The van der Waals surface area contributed by atoms with Crippen LogP contribution in [0.5, 0.6) is 0 Å². The van der Waals surface area contributed by atoms with Gasteiger partial charge >= 0.3 is 0 Å². The van der Waals surface area contributed by atoms with E-state index in [1.807, 2.05) is 13.0 Å². The van der Waals surface area contributed by atoms with Crippen molar-refractivity contribution in [2.75, 3.05) is 20.1 Å². The standard InChI is InChI=1S/C12H22N2O/c1-5-13-8-10(2)14(4)9-12-6-7-15-11(12)3/h6-7,10,13H,5,8-9H2,1-4H3. The van der Waals surface area contributed by atoms with E-state index in [9.17, 15) is 0 Å². The van der Waals surface area contributed by atoms with Crippen molar-refractivity contribution >= 4 is 0 Å². The van der Waals surface area contributed by atoms with E-state index in [1.54, 1.807) is 6.26 Å². The summed E-state index contributed by atoms with van der Waals surface area (Å²) < 4.78 is 5.28. The van der Waals surface area contributed by atoms with Crippen LogP contribution in [0, 0.1) is 6.92 Å². The predicted molar refractivity (Wildman–Crippen MR) is 62.9 cm³/mol. The molecule has 1 rings (SSSR count). The molecule has 3 nitrogen and oxygen atoms in total. The number of likely N-dealkylation sites (N-methyl/N-ethyl adjacent to an activating group) is 2. The molecule has 0 aliphatic carbocycles. The first kappa shape index (κ1) is 12.3. The van der Waals surface area contributed by atoms with Gasteiger partial charge in [0.15, 0.2) is 0 Å². The molecule has 1 aromatic heterocycles. The van der Waals surface area contributed by atoms with Crippen LogP contribution in [0.25, 0.3) is 0 Å². The van der Waals surface area contributed by atoms with Gasteiger partial charge in [0.25, 0.3) is 0 Å². The molecule has 15 heavy (non-hydrogen) atoms. The zero-order valence-electron chi connectivity index (χ0n) is 10.2. The summed E-state index contributed by atoms with van der Waals surface area (Å²) in [4.78, 5) is 2.33. The van der Waals surface area contributed by atoms with Gasteiger partial charge in [-0.25, -0.2) is 0 Å². The van der Waals surface area contributed by atoms with Crippen molar-refractivity contribution in [1.82, 2.24) is 10.2 Å². The van der Waals surface area contributed by atoms with E-state index in [2.05, 4.69) is 31.1 Å². The molecule has 3 heteroatoms. The lowest BCUT2D eigenvalue weighted by molar-refractivity contribution is 0.242. The third kappa shape index (κ3) is 3.68. The minimum Gasteiger partial charge on any atom is -0.469 e. The second-order valence-corrected chi connectivity index (χ2v) is 4.07. The Kier molecular flexibility index (Phi) is 4.85. The molecule has 0 bridgehead atoms. The lowest BCUT2D eigenvalue weighted by Gasteiger charge is -2.24. The van der Waals surface area contributed by atoms with Crippen LogP contribution >= 0.6 is 0 Å². The van der Waals surface area contributed by atoms with Gasteiger partial charge in [0.1, 0.15) is 5.76 Å². The topological polar surface area (TPSA) is 28.4 Å². The average molecular weight is 210 g/mol. The molecule has 0 fully saturated rings. The van der Waals surface area contributed by atoms with E-state index >= 15 is 0 Å². The zero-order chi connectivity index (χ0) is 11.3. The smallest absolute Gasteiger partial charge is 0.105 e. The minimum atomic E-state index is 0.541. The molecule has 1 N–H and O–H groups in total. The van der Waals surface area contributed by atoms with Crippen LogP contribution in [0.3, 0.4) is 0 Å². The predicted octanol–water partition coefficient (Wildman–Crippen LogP) is 2.02. The molecule has 1 atom stereocenters. The van der Waals surface area contributed by atoms with Gasteiger partial charge < -0.3 is 9.73 Å². The Bertz CT molecular complexity index is 283. The maximum absolute atomic E-state index is 5.28. The number of nitrogens with one attached hydrogen (secondary N) is 1. The fraction of sp³-hybridized carbons (Fsp3) is 0.667. The Morgan fingerprint density at radius 2 is 2.27 bits per heavy atom. The summed E-state index contributed by atoms with van der Waals surface area (Å²) in [6.45, 7) is 9.39. The van der Waals surface area contributed by atoms with Gasteiger partial charge in [-0.2, -0.15) is 0 Å². The Labute approximate surface area is 92.5 Å². The van der Waals surface area contributed by atoms with Crippen molar-refractivity contribution in [3.05, 3.63) is 23.7 Å². The second-order valence-electron chi connectivity index (χ2n) is 4.07. The lowest BCUT2D eigenvalue weighted by atomic mass is 10.2.